The van der Waals surface area contributed by atoms with E-state index in [4.69, 9.17) is 17.9 Å². The number of Topliss-reactive ketones (excluding diaryl/α,β-unsaturated/α-hetero) is 1. The maximum absolute atomic E-state index is 13.5. The van der Waals surface area contributed by atoms with Crippen LogP contribution in [-0.4, -0.2) is 55.5 Å². The number of ketones is 1. The van der Waals surface area contributed by atoms with Gasteiger partial charge in [0, 0.05) is 32.7 Å². The second-order valence-corrected chi connectivity index (χ2v) is 25.0. The monoisotopic (exact) mass is 620 g/mol. The van der Waals surface area contributed by atoms with Crippen molar-refractivity contribution in [1.29, 1.82) is 0 Å². The first-order chi connectivity index (χ1) is 18.8. The number of hydrogen-bond donors (Lipinski definition) is 0. The van der Waals surface area contributed by atoms with Crippen LogP contribution >= 0.6 is 7.60 Å². The van der Waals surface area contributed by atoms with E-state index in [0.29, 0.717) is 6.61 Å². The van der Waals surface area contributed by atoms with E-state index in [9.17, 15) is 9.36 Å². The lowest BCUT2D eigenvalue weighted by Crippen LogP contribution is -2.67. The number of benzene rings is 2. The largest absolute Gasteiger partial charge is 0.413 e. The summed E-state index contributed by atoms with van der Waals surface area (Å²) in [5.74, 6) is -0.840. The van der Waals surface area contributed by atoms with E-state index in [1.807, 2.05) is 19.1 Å². The molecule has 0 bridgehead atoms. The van der Waals surface area contributed by atoms with Crippen LogP contribution in [0.2, 0.25) is 23.2 Å². The van der Waals surface area contributed by atoms with Gasteiger partial charge in [-0.25, -0.2) is 0 Å². The van der Waals surface area contributed by atoms with Crippen molar-refractivity contribution in [3.05, 3.63) is 60.7 Å². The minimum absolute atomic E-state index is 0.0546. The third kappa shape index (κ3) is 8.38. The Kier molecular flexibility index (Phi) is 12.2. The van der Waals surface area contributed by atoms with Gasteiger partial charge in [0.05, 0.1) is 6.10 Å². The van der Waals surface area contributed by atoms with Gasteiger partial charge >= 0.3 is 7.60 Å². The van der Waals surface area contributed by atoms with Gasteiger partial charge in [0.2, 0.25) is 0 Å². The van der Waals surface area contributed by atoms with Gasteiger partial charge in [-0.2, -0.15) is 0 Å². The summed E-state index contributed by atoms with van der Waals surface area (Å²) in [6, 6.07) is 21.1. The minimum atomic E-state index is -3.51. The standard InChI is InChI=1S/C32H53O6PSi2/c1-25(30(38-40(11,12)31(3,4)5)26(2)29(33)24-39(34,35-9)36-10)23-37-41(32(6,7)8,27-19-15-13-16-20-27)28-21-17-14-18-22-28/h13-22,25-26,30H,23-24H2,1-12H3/t25-,26+,30-/m1/s1. The smallest absolute Gasteiger partial charge is 0.337 e. The third-order valence-corrected chi connectivity index (χ3v) is 20.0. The highest BCUT2D eigenvalue weighted by Crippen LogP contribution is 2.47. The lowest BCUT2D eigenvalue weighted by molar-refractivity contribution is -0.124. The van der Waals surface area contributed by atoms with Gasteiger partial charge in [-0.3, -0.25) is 9.36 Å². The molecule has 0 aliphatic rings. The van der Waals surface area contributed by atoms with Crippen LogP contribution in [0.4, 0.5) is 0 Å². The Morgan fingerprint density at radius 2 is 1.24 bits per heavy atom. The summed E-state index contributed by atoms with van der Waals surface area (Å²) < 4.78 is 37.3. The van der Waals surface area contributed by atoms with Crippen LogP contribution in [-0.2, 0) is 27.3 Å². The molecule has 230 valence electrons. The summed E-state index contributed by atoms with van der Waals surface area (Å²) in [6.07, 6.45) is -0.718. The quantitative estimate of drug-likeness (QED) is 0.163. The molecule has 0 N–H and O–H groups in total. The zero-order valence-corrected chi connectivity index (χ0v) is 30.2. The Morgan fingerprint density at radius 1 is 0.805 bits per heavy atom. The van der Waals surface area contributed by atoms with Crippen LogP contribution in [0.15, 0.2) is 60.7 Å². The summed E-state index contributed by atoms with van der Waals surface area (Å²) in [7, 11) is -5.94. The Bertz CT molecular complexity index is 1110. The van der Waals surface area contributed by atoms with E-state index < -0.39 is 36.3 Å². The van der Waals surface area contributed by atoms with E-state index in [-0.39, 0.29) is 27.9 Å². The number of hydrogen-bond acceptors (Lipinski definition) is 6. The average molecular weight is 621 g/mol. The zero-order chi connectivity index (χ0) is 31.3. The number of carbonyl (C=O) groups excluding carboxylic acids is 1. The fourth-order valence-corrected chi connectivity index (χ4v) is 12.3. The molecule has 3 atom stereocenters. The van der Waals surface area contributed by atoms with Gasteiger partial charge in [0.15, 0.2) is 8.32 Å². The molecular weight excluding hydrogens is 567 g/mol. The Balaban J connectivity index is 2.55. The topological polar surface area (TPSA) is 71.1 Å². The van der Waals surface area contributed by atoms with Crippen LogP contribution in [0.3, 0.4) is 0 Å². The highest BCUT2D eigenvalue weighted by molar-refractivity contribution is 7.54. The van der Waals surface area contributed by atoms with E-state index >= 15 is 0 Å². The van der Waals surface area contributed by atoms with Crippen molar-refractivity contribution in [3.8, 4) is 0 Å². The molecule has 0 unspecified atom stereocenters. The summed E-state index contributed by atoms with van der Waals surface area (Å²) in [4.78, 5) is 13.5. The van der Waals surface area contributed by atoms with Gasteiger partial charge in [-0.1, -0.05) is 116 Å². The van der Waals surface area contributed by atoms with Crippen LogP contribution in [0.25, 0.3) is 0 Å². The summed E-state index contributed by atoms with van der Waals surface area (Å²) >= 11 is 0. The van der Waals surface area contributed by atoms with Crippen LogP contribution in [0, 0.1) is 11.8 Å². The first-order valence-electron chi connectivity index (χ1n) is 14.5. The van der Waals surface area contributed by atoms with Crippen molar-refractivity contribution in [2.75, 3.05) is 27.0 Å². The molecule has 0 spiro atoms. The molecule has 0 radical (unpaired) electrons. The summed E-state index contributed by atoms with van der Waals surface area (Å²) in [6.45, 7) is 22.1. The maximum Gasteiger partial charge on any atom is 0.337 e. The molecule has 0 saturated heterocycles. The predicted octanol–water partition coefficient (Wildman–Crippen LogP) is 7.28. The lowest BCUT2D eigenvalue weighted by Gasteiger charge is -2.45. The zero-order valence-electron chi connectivity index (χ0n) is 27.3. The number of rotatable bonds is 14. The number of carbonyl (C=O) groups is 1. The van der Waals surface area contributed by atoms with Gasteiger partial charge < -0.3 is 17.9 Å². The Labute approximate surface area is 251 Å². The molecule has 0 aliphatic heterocycles. The highest BCUT2D eigenvalue weighted by Gasteiger charge is 2.51. The van der Waals surface area contributed by atoms with Crippen molar-refractivity contribution in [2.45, 2.75) is 84.7 Å². The normalized spacial score (nSPS) is 15.8. The highest BCUT2D eigenvalue weighted by atomic mass is 31.2. The van der Waals surface area contributed by atoms with E-state index in [1.54, 1.807) is 0 Å². The first kappa shape index (κ1) is 35.8. The molecule has 0 heterocycles. The van der Waals surface area contributed by atoms with Crippen molar-refractivity contribution in [2.24, 2.45) is 11.8 Å². The van der Waals surface area contributed by atoms with Crippen LogP contribution in [0.5, 0.6) is 0 Å². The molecule has 9 heteroatoms. The fourth-order valence-electron chi connectivity index (χ4n) is 5.06. The van der Waals surface area contributed by atoms with Gasteiger partial charge in [0.25, 0.3) is 8.32 Å². The van der Waals surface area contributed by atoms with Crippen LogP contribution < -0.4 is 10.4 Å². The van der Waals surface area contributed by atoms with E-state index in [2.05, 4.69) is 110 Å². The SMILES string of the molecule is COP(=O)(CC(=O)[C@H](C)[C@H](O[Si](C)(C)C(C)(C)C)[C@H](C)CO[Si](c1ccccc1)(c1ccccc1)C(C)(C)C)OC. The summed E-state index contributed by atoms with van der Waals surface area (Å²) in [5, 5.41) is 2.19. The molecule has 0 aliphatic carbocycles. The van der Waals surface area contributed by atoms with E-state index in [1.165, 1.54) is 24.6 Å². The van der Waals surface area contributed by atoms with Crippen LogP contribution in [0.1, 0.15) is 55.4 Å². The molecule has 6 nitrogen and oxygen atoms in total. The third-order valence-electron chi connectivity index (χ3n) is 8.68. The molecule has 0 aromatic heterocycles. The molecule has 2 aromatic carbocycles. The second-order valence-electron chi connectivity index (χ2n) is 13.7. The molecule has 0 amide bonds. The van der Waals surface area contributed by atoms with Gasteiger partial charge in [0.1, 0.15) is 11.9 Å². The average Bonchev–Trinajstić information content (AvgIpc) is 2.91. The van der Waals surface area contributed by atoms with Crippen molar-refractivity contribution in [1.82, 2.24) is 0 Å². The predicted molar refractivity (Wildman–Crippen MR) is 175 cm³/mol. The van der Waals surface area contributed by atoms with E-state index in [0.717, 1.165) is 0 Å². The van der Waals surface area contributed by atoms with Crippen molar-refractivity contribution in [3.63, 3.8) is 0 Å². The van der Waals surface area contributed by atoms with Gasteiger partial charge in [-0.05, 0) is 33.5 Å². The Hall–Kier alpha value is -1.39. The molecule has 0 saturated carbocycles. The molecule has 41 heavy (non-hydrogen) atoms. The molecule has 0 fully saturated rings. The lowest BCUT2D eigenvalue weighted by atomic mass is 9.91. The molecular formula is C32H53O6PSi2. The second kappa shape index (κ2) is 13.9. The first-order valence-corrected chi connectivity index (χ1v) is 21.1. The maximum atomic E-state index is 13.5. The van der Waals surface area contributed by atoms with Crippen molar-refractivity contribution >= 4 is 40.4 Å². The molecule has 2 aromatic rings. The molecule has 2 rings (SSSR count). The summed E-state index contributed by atoms with van der Waals surface area (Å²) in [5.41, 5.74) is 0. The minimum Gasteiger partial charge on any atom is -0.413 e. The van der Waals surface area contributed by atoms with Gasteiger partial charge in [-0.15, -0.1) is 0 Å². The van der Waals surface area contributed by atoms with Crippen molar-refractivity contribution < 1.29 is 27.3 Å². The Morgan fingerprint density at radius 3 is 1.61 bits per heavy atom. The fraction of sp³-hybridized carbons (Fsp3) is 0.594.